The Morgan fingerprint density at radius 1 is 1.86 bits per heavy atom. The van der Waals surface area contributed by atoms with Crippen LogP contribution in [0, 0.1) is 0 Å². The second-order valence-electron chi connectivity index (χ2n) is 0.845. The van der Waals surface area contributed by atoms with E-state index in [1.807, 2.05) is 0 Å². The van der Waals surface area contributed by atoms with Crippen molar-refractivity contribution in [3.63, 3.8) is 0 Å². The van der Waals surface area contributed by atoms with E-state index in [4.69, 9.17) is 16.8 Å². The molecule has 0 aromatic heterocycles. The average molecular weight is 122 g/mol. The maximum absolute atomic E-state index is 9.56. The van der Waals surface area contributed by atoms with Gasteiger partial charge in [-0.2, -0.15) is 0 Å². The molecule has 0 aliphatic heterocycles. The summed E-state index contributed by atoms with van der Waals surface area (Å²) >= 11 is 5.09. The molecular weight excluding hydrogens is 117 g/mol. The van der Waals surface area contributed by atoms with Gasteiger partial charge in [0.05, 0.1) is 6.21 Å². The number of aldehydes is 1. The number of nitrogens with zero attached hydrogens (tertiary/aromatic N) is 1. The van der Waals surface area contributed by atoms with Crippen molar-refractivity contribution < 1.29 is 10.0 Å². The van der Waals surface area contributed by atoms with Crippen LogP contribution >= 0.6 is 11.6 Å². The molecule has 7 heavy (non-hydrogen) atoms. The van der Waals surface area contributed by atoms with Crippen molar-refractivity contribution in [1.29, 1.82) is 0 Å². The van der Waals surface area contributed by atoms with E-state index < -0.39 is 5.38 Å². The van der Waals surface area contributed by atoms with Crippen LogP contribution < -0.4 is 0 Å². The summed E-state index contributed by atoms with van der Waals surface area (Å²) in [5.41, 5.74) is 0. The third kappa shape index (κ3) is 3.26. The van der Waals surface area contributed by atoms with Crippen LogP contribution in [-0.4, -0.2) is 23.1 Å². The van der Waals surface area contributed by atoms with E-state index in [1.165, 1.54) is 0 Å². The summed E-state index contributed by atoms with van der Waals surface area (Å²) in [7, 11) is 0. The van der Waals surface area contributed by atoms with Crippen molar-refractivity contribution >= 4 is 24.1 Å². The summed E-state index contributed by atoms with van der Waals surface area (Å²) in [4.78, 5) is 9.56. The smallest absolute Gasteiger partial charge is 0.143 e. The van der Waals surface area contributed by atoms with E-state index in [0.717, 1.165) is 6.21 Å². The predicted octanol–water partition coefficient (Wildman–Crippen LogP) is 0.253. The molecule has 1 atom stereocenters. The highest BCUT2D eigenvalue weighted by molar-refractivity contribution is 6.35. The lowest BCUT2D eigenvalue weighted by Gasteiger charge is -1.81. The van der Waals surface area contributed by atoms with Gasteiger partial charge in [-0.25, -0.2) is 0 Å². The third-order valence-corrected chi connectivity index (χ3v) is 0.555. The molecule has 0 heterocycles. The third-order valence-electron chi connectivity index (χ3n) is 0.339. The van der Waals surface area contributed by atoms with Gasteiger partial charge in [-0.05, 0) is 0 Å². The van der Waals surface area contributed by atoms with Gasteiger partial charge in [0.1, 0.15) is 11.7 Å². The Kier molecular flexibility index (Phi) is 3.32. The molecule has 0 aromatic carbocycles. The van der Waals surface area contributed by atoms with Crippen LogP contribution in [-0.2, 0) is 4.79 Å². The molecule has 0 amide bonds. The summed E-state index contributed by atoms with van der Waals surface area (Å²) in [6, 6.07) is 0. The SMILES string of the molecule is O=CC(Cl)C=NO. The Bertz CT molecular complexity index is 83.0. The number of rotatable bonds is 2. The first-order chi connectivity index (χ1) is 3.31. The monoisotopic (exact) mass is 121 g/mol. The summed E-state index contributed by atoms with van der Waals surface area (Å²) in [6.45, 7) is 0. The zero-order valence-corrected chi connectivity index (χ0v) is 4.17. The lowest BCUT2D eigenvalue weighted by Crippen LogP contribution is -1.99. The molecule has 0 radical (unpaired) electrons. The summed E-state index contributed by atoms with van der Waals surface area (Å²) < 4.78 is 0. The topological polar surface area (TPSA) is 49.7 Å². The van der Waals surface area contributed by atoms with Gasteiger partial charge in [0, 0.05) is 0 Å². The van der Waals surface area contributed by atoms with Crippen LogP contribution in [0.3, 0.4) is 0 Å². The standard InChI is InChI=1S/C3H4ClNO2/c4-3(2-6)1-5-7/h1-3,7H. The van der Waals surface area contributed by atoms with E-state index >= 15 is 0 Å². The molecule has 0 spiro atoms. The van der Waals surface area contributed by atoms with Gasteiger partial charge < -0.3 is 10.0 Å². The van der Waals surface area contributed by atoms with Crippen LogP contribution in [0.5, 0.6) is 0 Å². The zero-order chi connectivity index (χ0) is 5.70. The second kappa shape index (κ2) is 3.61. The van der Waals surface area contributed by atoms with Gasteiger partial charge >= 0.3 is 0 Å². The van der Waals surface area contributed by atoms with E-state index in [2.05, 4.69) is 5.16 Å². The largest absolute Gasteiger partial charge is 0.411 e. The molecule has 0 aromatic rings. The Morgan fingerprint density at radius 2 is 2.43 bits per heavy atom. The molecule has 1 N–H and O–H groups in total. The molecule has 0 fully saturated rings. The summed E-state index contributed by atoms with van der Waals surface area (Å²) in [5, 5.41) is 9.41. The van der Waals surface area contributed by atoms with Gasteiger partial charge in [-0.1, -0.05) is 0 Å². The average Bonchev–Trinajstić information content (AvgIpc) is 1.68. The van der Waals surface area contributed by atoms with Crippen LogP contribution in [0.1, 0.15) is 0 Å². The van der Waals surface area contributed by atoms with Gasteiger partial charge in [0.15, 0.2) is 0 Å². The van der Waals surface area contributed by atoms with E-state index in [9.17, 15) is 4.79 Å². The number of hydrogen-bond acceptors (Lipinski definition) is 3. The number of oxime groups is 1. The summed E-state index contributed by atoms with van der Waals surface area (Å²) in [6.07, 6.45) is 1.38. The first-order valence-electron chi connectivity index (χ1n) is 1.58. The number of carbonyl (C=O) groups is 1. The van der Waals surface area contributed by atoms with Gasteiger partial charge in [0.2, 0.25) is 0 Å². The fourth-order valence-corrected chi connectivity index (χ4v) is 0.149. The maximum Gasteiger partial charge on any atom is 0.143 e. The maximum atomic E-state index is 9.56. The second-order valence-corrected chi connectivity index (χ2v) is 1.35. The molecule has 3 nitrogen and oxygen atoms in total. The van der Waals surface area contributed by atoms with Gasteiger partial charge in [-0.3, -0.25) is 0 Å². The van der Waals surface area contributed by atoms with Crippen LogP contribution in [0.15, 0.2) is 5.16 Å². The van der Waals surface area contributed by atoms with Crippen molar-refractivity contribution in [2.75, 3.05) is 0 Å². The first-order valence-corrected chi connectivity index (χ1v) is 2.02. The Hall–Kier alpha value is -0.570. The van der Waals surface area contributed by atoms with E-state index in [-0.39, 0.29) is 0 Å². The van der Waals surface area contributed by atoms with Crippen molar-refractivity contribution in [3.05, 3.63) is 0 Å². The number of alkyl halides is 1. The normalized spacial score (nSPS) is 14.4. The fourth-order valence-electron chi connectivity index (χ4n) is 0.0988. The molecule has 0 aliphatic carbocycles. The molecule has 0 rings (SSSR count). The van der Waals surface area contributed by atoms with E-state index in [0.29, 0.717) is 6.29 Å². The van der Waals surface area contributed by atoms with Crippen molar-refractivity contribution in [2.24, 2.45) is 5.16 Å². The molecule has 4 heteroatoms. The fraction of sp³-hybridized carbons (Fsp3) is 0.333. The predicted molar refractivity (Wildman–Crippen MR) is 26.0 cm³/mol. The van der Waals surface area contributed by atoms with Gasteiger partial charge in [0.25, 0.3) is 0 Å². The molecule has 0 bridgehead atoms. The highest BCUT2D eigenvalue weighted by Gasteiger charge is 1.92. The first kappa shape index (κ1) is 6.43. The zero-order valence-electron chi connectivity index (χ0n) is 3.41. The van der Waals surface area contributed by atoms with E-state index in [1.54, 1.807) is 0 Å². The Balaban J connectivity index is 3.35. The Morgan fingerprint density at radius 3 is 2.57 bits per heavy atom. The van der Waals surface area contributed by atoms with Crippen LogP contribution in [0.4, 0.5) is 0 Å². The van der Waals surface area contributed by atoms with Crippen molar-refractivity contribution in [2.45, 2.75) is 5.38 Å². The lowest BCUT2D eigenvalue weighted by atomic mass is 10.5. The molecule has 1 unspecified atom stereocenters. The van der Waals surface area contributed by atoms with Gasteiger partial charge in [-0.15, -0.1) is 16.8 Å². The lowest BCUT2D eigenvalue weighted by molar-refractivity contribution is -0.106. The molecule has 40 valence electrons. The number of hydrogen-bond donors (Lipinski definition) is 1. The van der Waals surface area contributed by atoms with Crippen LogP contribution in [0.25, 0.3) is 0 Å². The molecule has 0 saturated heterocycles. The Labute approximate surface area is 45.6 Å². The number of carbonyl (C=O) groups excluding carboxylic acids is 1. The quantitative estimate of drug-likeness (QED) is 0.187. The highest BCUT2D eigenvalue weighted by Crippen LogP contribution is 1.82. The summed E-state index contributed by atoms with van der Waals surface area (Å²) in [5.74, 6) is 0. The van der Waals surface area contributed by atoms with Crippen molar-refractivity contribution in [1.82, 2.24) is 0 Å². The molecular formula is C3H4ClNO2. The minimum Gasteiger partial charge on any atom is -0.411 e. The highest BCUT2D eigenvalue weighted by atomic mass is 35.5. The van der Waals surface area contributed by atoms with Crippen LogP contribution in [0.2, 0.25) is 0 Å². The minimum absolute atomic E-state index is 0.460. The van der Waals surface area contributed by atoms with Crippen molar-refractivity contribution in [3.8, 4) is 0 Å². The molecule has 0 saturated carbocycles. The minimum atomic E-state index is -0.801. The number of halogens is 1. The molecule has 0 aliphatic rings.